The van der Waals surface area contributed by atoms with Crippen molar-refractivity contribution in [1.29, 1.82) is 0 Å². The second kappa shape index (κ2) is 5.85. The summed E-state index contributed by atoms with van der Waals surface area (Å²) < 4.78 is 0. The summed E-state index contributed by atoms with van der Waals surface area (Å²) >= 11 is 6.07. The van der Waals surface area contributed by atoms with Crippen LogP contribution >= 0.6 is 11.6 Å². The van der Waals surface area contributed by atoms with Gasteiger partial charge in [-0.2, -0.15) is 0 Å². The van der Waals surface area contributed by atoms with Crippen LogP contribution in [-0.4, -0.2) is 27.8 Å². The fraction of sp³-hybridized carbons (Fsp3) is 0.118. The number of imide groups is 1. The van der Waals surface area contributed by atoms with Gasteiger partial charge in [-0.1, -0.05) is 48.0 Å². The number of hydrogen-bond acceptors (Lipinski definition) is 3. The lowest BCUT2D eigenvalue weighted by Gasteiger charge is -2.30. The lowest BCUT2D eigenvalue weighted by molar-refractivity contribution is -0.146. The molecule has 2 aromatic rings. The molecule has 6 heteroatoms. The molecule has 0 bridgehead atoms. The number of carboxylic acids is 1. The third-order valence-corrected chi connectivity index (χ3v) is 4.16. The van der Waals surface area contributed by atoms with E-state index in [1.54, 1.807) is 36.4 Å². The number of carbonyl (C=O) groups is 3. The van der Waals surface area contributed by atoms with Gasteiger partial charge in [0.25, 0.3) is 5.91 Å². The molecule has 3 rings (SSSR count). The van der Waals surface area contributed by atoms with E-state index in [1.807, 2.05) is 0 Å². The number of benzene rings is 2. The fourth-order valence-corrected chi connectivity index (χ4v) is 2.86. The Morgan fingerprint density at radius 2 is 1.74 bits per heavy atom. The second-order valence-corrected chi connectivity index (χ2v) is 5.59. The molecule has 0 aliphatic carbocycles. The largest absolute Gasteiger partial charge is 0.480 e. The number of amides is 2. The molecule has 1 atom stereocenters. The normalized spacial score (nSPS) is 17.1. The van der Waals surface area contributed by atoms with Gasteiger partial charge >= 0.3 is 5.97 Å². The molecular weight excluding hydrogens is 318 g/mol. The van der Waals surface area contributed by atoms with Gasteiger partial charge in [-0.25, -0.2) is 0 Å². The van der Waals surface area contributed by atoms with Gasteiger partial charge in [0.15, 0.2) is 5.92 Å². The van der Waals surface area contributed by atoms with E-state index in [2.05, 4.69) is 0 Å². The molecule has 1 aliphatic rings. The minimum absolute atomic E-state index is 0.0601. The highest BCUT2D eigenvalue weighted by Crippen LogP contribution is 2.31. The lowest BCUT2D eigenvalue weighted by atomic mass is 9.88. The van der Waals surface area contributed by atoms with E-state index < -0.39 is 23.7 Å². The van der Waals surface area contributed by atoms with Gasteiger partial charge in [-0.3, -0.25) is 19.3 Å². The standard InChI is InChI=1S/C17H12ClNO4/c18-13-8-4-1-5-10(13)9-19-15(20)12-7-3-2-6-11(12)14(16(19)21)17(22)23/h1-8,14H,9H2,(H,22,23). The Morgan fingerprint density at radius 3 is 2.43 bits per heavy atom. The lowest BCUT2D eigenvalue weighted by Crippen LogP contribution is -2.46. The first-order valence-electron chi connectivity index (χ1n) is 6.91. The van der Waals surface area contributed by atoms with Gasteiger partial charge in [-0.15, -0.1) is 0 Å². The van der Waals surface area contributed by atoms with Gasteiger partial charge in [0, 0.05) is 10.6 Å². The minimum atomic E-state index is -1.38. The van der Waals surface area contributed by atoms with Crippen LogP contribution in [-0.2, 0) is 16.1 Å². The summed E-state index contributed by atoms with van der Waals surface area (Å²) in [6.45, 7) is -0.0601. The van der Waals surface area contributed by atoms with E-state index in [9.17, 15) is 19.5 Å². The van der Waals surface area contributed by atoms with E-state index in [4.69, 9.17) is 11.6 Å². The quantitative estimate of drug-likeness (QED) is 0.694. The zero-order valence-electron chi connectivity index (χ0n) is 11.9. The third-order valence-electron chi connectivity index (χ3n) is 3.79. The van der Waals surface area contributed by atoms with E-state index in [0.717, 1.165) is 4.90 Å². The predicted molar refractivity (Wildman–Crippen MR) is 83.2 cm³/mol. The smallest absolute Gasteiger partial charge is 0.320 e. The van der Waals surface area contributed by atoms with E-state index >= 15 is 0 Å². The first-order valence-corrected chi connectivity index (χ1v) is 7.29. The van der Waals surface area contributed by atoms with Gasteiger partial charge in [0.05, 0.1) is 6.54 Å². The fourth-order valence-electron chi connectivity index (χ4n) is 2.66. The third kappa shape index (κ3) is 2.59. The van der Waals surface area contributed by atoms with Crippen molar-refractivity contribution < 1.29 is 19.5 Å². The maximum atomic E-state index is 12.6. The Kier molecular flexibility index (Phi) is 3.88. The Labute approximate surface area is 137 Å². The van der Waals surface area contributed by atoms with Crippen LogP contribution in [0.5, 0.6) is 0 Å². The van der Waals surface area contributed by atoms with E-state index in [0.29, 0.717) is 10.6 Å². The Bertz CT molecular complexity index is 818. The summed E-state index contributed by atoms with van der Waals surface area (Å²) in [6.07, 6.45) is 0. The van der Waals surface area contributed by atoms with E-state index in [1.165, 1.54) is 12.1 Å². The van der Waals surface area contributed by atoms with Gasteiger partial charge < -0.3 is 5.11 Å². The van der Waals surface area contributed by atoms with Crippen LogP contribution in [0, 0.1) is 0 Å². The predicted octanol–water partition coefficient (Wildman–Crippen LogP) is 2.69. The molecule has 0 fully saturated rings. The van der Waals surface area contributed by atoms with Crippen molar-refractivity contribution in [2.75, 3.05) is 0 Å². The Hall–Kier alpha value is -2.66. The van der Waals surface area contributed by atoms with Crippen molar-refractivity contribution in [1.82, 2.24) is 4.90 Å². The molecule has 1 heterocycles. The molecule has 1 unspecified atom stereocenters. The monoisotopic (exact) mass is 329 g/mol. The number of hydrogen-bond donors (Lipinski definition) is 1. The number of aliphatic carboxylic acids is 1. The minimum Gasteiger partial charge on any atom is -0.480 e. The number of carbonyl (C=O) groups excluding carboxylic acids is 2. The van der Waals surface area contributed by atoms with Crippen LogP contribution in [0.25, 0.3) is 0 Å². The molecule has 0 saturated heterocycles. The van der Waals surface area contributed by atoms with Crippen LogP contribution in [0.15, 0.2) is 48.5 Å². The van der Waals surface area contributed by atoms with E-state index in [-0.39, 0.29) is 17.7 Å². The highest BCUT2D eigenvalue weighted by atomic mass is 35.5. The van der Waals surface area contributed by atoms with Crippen molar-refractivity contribution in [2.24, 2.45) is 0 Å². The van der Waals surface area contributed by atoms with Crippen molar-refractivity contribution in [3.8, 4) is 0 Å². The molecular formula is C17H12ClNO4. The molecule has 1 aliphatic heterocycles. The highest BCUT2D eigenvalue weighted by molar-refractivity contribution is 6.31. The van der Waals surface area contributed by atoms with Gasteiger partial charge in [0.1, 0.15) is 0 Å². The van der Waals surface area contributed by atoms with Crippen molar-refractivity contribution in [3.63, 3.8) is 0 Å². The first kappa shape index (κ1) is 15.2. The zero-order valence-corrected chi connectivity index (χ0v) is 12.7. The summed E-state index contributed by atoms with van der Waals surface area (Å²) in [5, 5.41) is 9.81. The van der Waals surface area contributed by atoms with Crippen LogP contribution in [0.4, 0.5) is 0 Å². The summed E-state index contributed by atoms with van der Waals surface area (Å²) in [5.74, 6) is -3.92. The van der Waals surface area contributed by atoms with Crippen molar-refractivity contribution >= 4 is 29.4 Å². The number of fused-ring (bicyclic) bond motifs is 1. The average Bonchev–Trinajstić information content (AvgIpc) is 2.53. The molecule has 23 heavy (non-hydrogen) atoms. The van der Waals surface area contributed by atoms with Crippen molar-refractivity contribution in [2.45, 2.75) is 12.5 Å². The average molecular weight is 330 g/mol. The molecule has 2 amide bonds. The second-order valence-electron chi connectivity index (χ2n) is 5.18. The maximum absolute atomic E-state index is 12.6. The number of halogens is 1. The molecule has 2 aromatic carbocycles. The molecule has 116 valence electrons. The Balaban J connectivity index is 2.05. The SMILES string of the molecule is O=C(O)C1C(=O)N(Cc2ccccc2Cl)C(=O)c2ccccc21. The van der Waals surface area contributed by atoms with Crippen molar-refractivity contribution in [3.05, 3.63) is 70.2 Å². The maximum Gasteiger partial charge on any atom is 0.320 e. The van der Waals surface area contributed by atoms with Gasteiger partial charge in [0.2, 0.25) is 5.91 Å². The number of carboxylic acid groups (broad SMARTS) is 1. The molecule has 1 N–H and O–H groups in total. The topological polar surface area (TPSA) is 74.7 Å². The van der Waals surface area contributed by atoms with Crippen LogP contribution in [0.3, 0.4) is 0 Å². The summed E-state index contributed by atoms with van der Waals surface area (Å²) in [5.41, 5.74) is 1.04. The van der Waals surface area contributed by atoms with Gasteiger partial charge in [-0.05, 0) is 23.3 Å². The molecule has 0 aromatic heterocycles. The summed E-state index contributed by atoms with van der Waals surface area (Å²) in [6, 6.07) is 13.1. The molecule has 0 spiro atoms. The first-order chi connectivity index (χ1) is 11.0. The van der Waals surface area contributed by atoms with Crippen LogP contribution in [0.2, 0.25) is 5.02 Å². The molecule has 0 saturated carbocycles. The Morgan fingerprint density at radius 1 is 1.09 bits per heavy atom. The van der Waals surface area contributed by atoms with Crippen LogP contribution in [0.1, 0.15) is 27.4 Å². The zero-order chi connectivity index (χ0) is 16.6. The summed E-state index contributed by atoms with van der Waals surface area (Å²) in [7, 11) is 0. The number of rotatable bonds is 3. The highest BCUT2D eigenvalue weighted by Gasteiger charge is 2.42. The van der Waals surface area contributed by atoms with Crippen LogP contribution < -0.4 is 0 Å². The molecule has 0 radical (unpaired) electrons. The number of nitrogens with zero attached hydrogens (tertiary/aromatic N) is 1. The summed E-state index contributed by atoms with van der Waals surface area (Å²) in [4.78, 5) is 37.6. The molecule has 5 nitrogen and oxygen atoms in total.